The Morgan fingerprint density at radius 1 is 0.786 bits per heavy atom. The molecule has 4 rings (SSSR count). The summed E-state index contributed by atoms with van der Waals surface area (Å²) in [5.41, 5.74) is 4.53. The minimum atomic E-state index is 0.163. The maximum atomic E-state index is 9.56. The molecule has 0 spiro atoms. The molecule has 2 heterocycles. The normalized spacial score (nSPS) is 11.4. The fourth-order valence-corrected chi connectivity index (χ4v) is 2.86. The van der Waals surface area contributed by atoms with Crippen LogP contribution in [0, 0.1) is 0 Å². The maximum absolute atomic E-state index is 9.56. The van der Waals surface area contributed by atoms with Gasteiger partial charge in [0.1, 0.15) is 11.5 Å². The largest absolute Gasteiger partial charge is 0.508 e. The van der Waals surface area contributed by atoms with Crippen molar-refractivity contribution < 1.29 is 5.11 Å². The predicted octanol–water partition coefficient (Wildman–Crippen LogP) is 3.62. The van der Waals surface area contributed by atoms with E-state index in [9.17, 15) is 5.11 Å². The van der Waals surface area contributed by atoms with Gasteiger partial charge in [0.2, 0.25) is 0 Å². The first-order chi connectivity index (χ1) is 13.7. The highest BCUT2D eigenvalue weighted by Gasteiger charge is 2.15. The van der Waals surface area contributed by atoms with Crippen LogP contribution in [0.3, 0.4) is 0 Å². The summed E-state index contributed by atoms with van der Waals surface area (Å²) >= 11 is 0. The number of hydrogen-bond donors (Lipinski definition) is 2. The predicted molar refractivity (Wildman–Crippen MR) is 109 cm³/mol. The number of phenolic OH excluding ortho intramolecular Hbond substituents is 1. The summed E-state index contributed by atoms with van der Waals surface area (Å²) < 4.78 is 0. The Morgan fingerprint density at radius 2 is 1.39 bits per heavy atom. The average Bonchev–Trinajstić information content (AvgIpc) is 2.77. The van der Waals surface area contributed by atoms with E-state index < -0.39 is 0 Å². The molecule has 0 atom stereocenters. The summed E-state index contributed by atoms with van der Waals surface area (Å²) in [5.74, 6) is 6.26. The first-order valence-electron chi connectivity index (χ1n) is 8.67. The molecule has 0 fully saturated rings. The summed E-state index contributed by atoms with van der Waals surface area (Å²) in [6.45, 7) is 0. The smallest absolute Gasteiger partial charge is 0.181 e. The molecule has 0 aliphatic heterocycles. The zero-order chi connectivity index (χ0) is 19.3. The maximum Gasteiger partial charge on any atom is 0.181 e. The molecule has 0 radical (unpaired) electrons. The van der Waals surface area contributed by atoms with E-state index in [1.54, 1.807) is 36.7 Å². The van der Waals surface area contributed by atoms with Gasteiger partial charge in [0.05, 0.1) is 11.4 Å². The lowest BCUT2D eigenvalue weighted by atomic mass is 10.1. The van der Waals surface area contributed by atoms with Crippen molar-refractivity contribution in [3.8, 4) is 28.3 Å². The Hall–Kier alpha value is -4.06. The van der Waals surface area contributed by atoms with E-state index in [4.69, 9.17) is 10.8 Å². The summed E-state index contributed by atoms with van der Waals surface area (Å²) in [6.07, 6.45) is 3.44. The number of hydrazone groups is 1. The molecule has 0 unspecified atom stereocenters. The van der Waals surface area contributed by atoms with Crippen molar-refractivity contribution >= 4 is 5.71 Å². The van der Waals surface area contributed by atoms with E-state index in [1.165, 1.54) is 0 Å². The molecule has 0 amide bonds. The quantitative estimate of drug-likeness (QED) is 0.326. The zero-order valence-electron chi connectivity index (χ0n) is 14.9. The van der Waals surface area contributed by atoms with E-state index in [2.05, 4.69) is 15.1 Å². The molecule has 0 saturated carbocycles. The van der Waals surface area contributed by atoms with Crippen LogP contribution in [0.4, 0.5) is 0 Å². The van der Waals surface area contributed by atoms with E-state index in [0.717, 1.165) is 22.5 Å². The average molecular weight is 367 g/mol. The van der Waals surface area contributed by atoms with E-state index >= 15 is 0 Å². The first kappa shape index (κ1) is 17.4. The molecule has 0 saturated heterocycles. The van der Waals surface area contributed by atoms with Crippen LogP contribution in [0.5, 0.6) is 5.75 Å². The third-order valence-electron chi connectivity index (χ3n) is 4.25. The van der Waals surface area contributed by atoms with E-state index in [1.807, 2.05) is 48.5 Å². The Balaban J connectivity index is 1.89. The topological polar surface area (TPSA) is 97.3 Å². The molecule has 3 N–H and O–H groups in total. The molecule has 6 nitrogen and oxygen atoms in total. The monoisotopic (exact) mass is 367 g/mol. The fourth-order valence-electron chi connectivity index (χ4n) is 2.86. The SMILES string of the molecule is N/N=C(\c1ccc(O)cc1)c1nc(-c2ccccc2)cc(-c2ccncc2)n1. The second-order valence-corrected chi connectivity index (χ2v) is 6.09. The van der Waals surface area contributed by atoms with Gasteiger partial charge in [-0.1, -0.05) is 30.3 Å². The van der Waals surface area contributed by atoms with Crippen LogP contribution in [-0.2, 0) is 0 Å². The molecule has 0 aliphatic rings. The van der Waals surface area contributed by atoms with Crippen molar-refractivity contribution in [1.82, 2.24) is 15.0 Å². The molecule has 6 heteroatoms. The van der Waals surface area contributed by atoms with Gasteiger partial charge in [-0.3, -0.25) is 4.98 Å². The lowest BCUT2D eigenvalue weighted by molar-refractivity contribution is 0.475. The van der Waals surface area contributed by atoms with Gasteiger partial charge < -0.3 is 10.9 Å². The molecule has 136 valence electrons. The van der Waals surface area contributed by atoms with Gasteiger partial charge in [0.15, 0.2) is 5.82 Å². The number of nitrogens with two attached hydrogens (primary N) is 1. The molecule has 2 aromatic heterocycles. The number of aromatic hydroxyl groups is 1. The third kappa shape index (κ3) is 3.57. The van der Waals surface area contributed by atoms with Crippen molar-refractivity contribution in [3.63, 3.8) is 0 Å². The number of rotatable bonds is 4. The second kappa shape index (κ2) is 7.67. The van der Waals surface area contributed by atoms with Gasteiger partial charge in [-0.2, -0.15) is 5.10 Å². The Bertz CT molecular complexity index is 1050. The minimum Gasteiger partial charge on any atom is -0.508 e. The van der Waals surface area contributed by atoms with Gasteiger partial charge in [-0.25, -0.2) is 9.97 Å². The van der Waals surface area contributed by atoms with Crippen molar-refractivity contribution in [3.05, 3.63) is 96.6 Å². The van der Waals surface area contributed by atoms with Gasteiger partial charge in [-0.15, -0.1) is 0 Å². The van der Waals surface area contributed by atoms with Gasteiger partial charge >= 0.3 is 0 Å². The highest BCUT2D eigenvalue weighted by molar-refractivity contribution is 6.10. The van der Waals surface area contributed by atoms with Gasteiger partial charge in [0.25, 0.3) is 0 Å². The van der Waals surface area contributed by atoms with Crippen LogP contribution in [-0.4, -0.2) is 25.8 Å². The van der Waals surface area contributed by atoms with Gasteiger partial charge in [-0.05, 0) is 42.5 Å². The summed E-state index contributed by atoms with van der Waals surface area (Å²) in [6, 6.07) is 22.2. The molecule has 4 aromatic rings. The highest BCUT2D eigenvalue weighted by Crippen LogP contribution is 2.24. The molecular formula is C22H17N5O. The molecule has 28 heavy (non-hydrogen) atoms. The zero-order valence-corrected chi connectivity index (χ0v) is 14.9. The first-order valence-corrected chi connectivity index (χ1v) is 8.67. The van der Waals surface area contributed by atoms with Crippen LogP contribution in [0.1, 0.15) is 11.4 Å². The van der Waals surface area contributed by atoms with Crippen LogP contribution in [0.2, 0.25) is 0 Å². The van der Waals surface area contributed by atoms with Crippen LogP contribution >= 0.6 is 0 Å². The standard InChI is InChI=1S/C22H17N5O/c23-27-21(17-6-8-18(28)9-7-17)22-25-19(15-4-2-1-3-5-15)14-20(26-22)16-10-12-24-13-11-16/h1-14,28H,23H2/b27-21+. The highest BCUT2D eigenvalue weighted by atomic mass is 16.3. The summed E-state index contributed by atoms with van der Waals surface area (Å²) in [7, 11) is 0. The van der Waals surface area contributed by atoms with E-state index in [0.29, 0.717) is 17.1 Å². The number of phenols is 1. The minimum absolute atomic E-state index is 0.163. The molecule has 2 aromatic carbocycles. The number of benzene rings is 2. The molecule has 0 bridgehead atoms. The van der Waals surface area contributed by atoms with Crippen molar-refractivity contribution in [2.45, 2.75) is 0 Å². The van der Waals surface area contributed by atoms with Crippen molar-refractivity contribution in [2.75, 3.05) is 0 Å². The van der Waals surface area contributed by atoms with Gasteiger partial charge in [0, 0.05) is 29.1 Å². The van der Waals surface area contributed by atoms with Crippen molar-refractivity contribution in [2.24, 2.45) is 10.9 Å². The Kier molecular flexibility index (Phi) is 4.76. The Labute approximate surface area is 162 Å². The lowest BCUT2D eigenvalue weighted by Gasteiger charge is -2.10. The number of pyridine rings is 1. The Morgan fingerprint density at radius 3 is 2.00 bits per heavy atom. The van der Waals surface area contributed by atoms with Crippen molar-refractivity contribution in [1.29, 1.82) is 0 Å². The molecule has 0 aliphatic carbocycles. The lowest BCUT2D eigenvalue weighted by Crippen LogP contribution is -2.12. The number of nitrogens with zero attached hydrogens (tertiary/aromatic N) is 4. The fraction of sp³-hybridized carbons (Fsp3) is 0. The third-order valence-corrected chi connectivity index (χ3v) is 4.25. The summed E-state index contributed by atoms with van der Waals surface area (Å²) in [4.78, 5) is 13.5. The summed E-state index contributed by atoms with van der Waals surface area (Å²) in [5, 5.41) is 13.5. The number of hydrogen-bond acceptors (Lipinski definition) is 6. The van der Waals surface area contributed by atoms with Crippen LogP contribution in [0.15, 0.2) is 90.3 Å². The second-order valence-electron chi connectivity index (χ2n) is 6.09. The molecular weight excluding hydrogens is 350 g/mol. The van der Waals surface area contributed by atoms with E-state index in [-0.39, 0.29) is 5.75 Å². The van der Waals surface area contributed by atoms with Crippen LogP contribution in [0.25, 0.3) is 22.5 Å². The van der Waals surface area contributed by atoms with Crippen LogP contribution < -0.4 is 5.84 Å². The number of aromatic nitrogens is 3.